The Morgan fingerprint density at radius 1 is 0.811 bits per heavy atom. The van der Waals surface area contributed by atoms with Crippen molar-refractivity contribution in [2.75, 3.05) is 13.1 Å². The molecule has 0 aromatic heterocycles. The third-order valence-electron chi connectivity index (χ3n) is 5.23. The Morgan fingerprint density at radius 2 is 1.46 bits per heavy atom. The molecule has 5 amide bonds. The monoisotopic (exact) mass is 518 g/mol. The fraction of sp³-hybridized carbons (Fsp3) is 0.520. The molecule has 0 saturated heterocycles. The van der Waals surface area contributed by atoms with Gasteiger partial charge in [0.1, 0.15) is 24.4 Å². The lowest BCUT2D eigenvalue weighted by Crippen LogP contribution is -2.56. The molecule has 0 aliphatic rings. The molecule has 0 aliphatic carbocycles. The highest BCUT2D eigenvalue weighted by Gasteiger charge is 2.28. The molecule has 12 nitrogen and oxygen atoms in total. The molecule has 0 fully saturated rings. The molecule has 0 saturated carbocycles. The van der Waals surface area contributed by atoms with Crippen molar-refractivity contribution in [3.8, 4) is 0 Å². The number of benzene rings is 1. The average molecular weight is 519 g/mol. The smallest absolute Gasteiger partial charge is 0.243 e. The van der Waals surface area contributed by atoms with Gasteiger partial charge in [0, 0.05) is 6.42 Å². The van der Waals surface area contributed by atoms with Crippen LogP contribution in [0.3, 0.4) is 0 Å². The van der Waals surface area contributed by atoms with Gasteiger partial charge in [-0.2, -0.15) is 0 Å². The van der Waals surface area contributed by atoms with Crippen LogP contribution in [0.25, 0.3) is 0 Å². The number of carbonyl (C=O) groups excluding carboxylic acids is 6. The maximum Gasteiger partial charge on any atom is 0.243 e. The summed E-state index contributed by atoms with van der Waals surface area (Å²) in [4.78, 5) is 72.8. The number of carbonyl (C=O) groups is 6. The van der Waals surface area contributed by atoms with Gasteiger partial charge in [-0.15, -0.1) is 0 Å². The second-order valence-corrected chi connectivity index (χ2v) is 9.15. The lowest BCUT2D eigenvalue weighted by Gasteiger charge is -2.24. The molecule has 1 aromatic rings. The first kappa shape index (κ1) is 31.2. The highest BCUT2D eigenvalue weighted by molar-refractivity contribution is 5.94. The molecule has 0 radical (unpaired) electrons. The van der Waals surface area contributed by atoms with Gasteiger partial charge in [-0.3, -0.25) is 24.0 Å². The van der Waals surface area contributed by atoms with Crippen LogP contribution in [-0.2, 0) is 35.2 Å². The molecule has 37 heavy (non-hydrogen) atoms. The fourth-order valence-electron chi connectivity index (χ4n) is 3.32. The molecule has 1 rings (SSSR count). The number of nitrogens with one attached hydrogen (secondary N) is 5. The Bertz CT molecular complexity index is 939. The number of aldehydes is 1. The van der Waals surface area contributed by atoms with E-state index in [9.17, 15) is 28.8 Å². The molecular formula is C25H38N6O6. The molecule has 204 valence electrons. The zero-order valence-electron chi connectivity index (χ0n) is 21.7. The Hall–Kier alpha value is -3.80. The summed E-state index contributed by atoms with van der Waals surface area (Å²) in [5.74, 6) is -2.77. The topological polar surface area (TPSA) is 189 Å². The first-order valence-corrected chi connectivity index (χ1v) is 12.1. The van der Waals surface area contributed by atoms with E-state index in [4.69, 9.17) is 5.73 Å². The van der Waals surface area contributed by atoms with E-state index in [0.717, 1.165) is 5.56 Å². The molecular weight excluding hydrogens is 480 g/mol. The summed E-state index contributed by atoms with van der Waals surface area (Å²) in [6.45, 7) is 5.99. The van der Waals surface area contributed by atoms with Crippen LogP contribution in [0.4, 0.5) is 0 Å². The van der Waals surface area contributed by atoms with Crippen LogP contribution in [0.1, 0.15) is 39.7 Å². The fourth-order valence-corrected chi connectivity index (χ4v) is 3.32. The largest absolute Gasteiger partial charge is 0.345 e. The van der Waals surface area contributed by atoms with Gasteiger partial charge in [0.25, 0.3) is 0 Å². The highest BCUT2D eigenvalue weighted by atomic mass is 16.2. The lowest BCUT2D eigenvalue weighted by atomic mass is 10.0. The van der Waals surface area contributed by atoms with E-state index >= 15 is 0 Å². The quantitative estimate of drug-likeness (QED) is 0.153. The zero-order valence-corrected chi connectivity index (χ0v) is 21.7. The van der Waals surface area contributed by atoms with E-state index in [1.54, 1.807) is 24.3 Å². The van der Waals surface area contributed by atoms with Crippen molar-refractivity contribution >= 4 is 35.8 Å². The summed E-state index contributed by atoms with van der Waals surface area (Å²) >= 11 is 0. The van der Waals surface area contributed by atoms with E-state index in [1.807, 2.05) is 19.9 Å². The van der Waals surface area contributed by atoms with Crippen LogP contribution in [0.2, 0.25) is 0 Å². The normalized spacial score (nSPS) is 13.9. The van der Waals surface area contributed by atoms with Crippen molar-refractivity contribution < 1.29 is 28.8 Å². The maximum atomic E-state index is 13.0. The lowest BCUT2D eigenvalue weighted by molar-refractivity contribution is -0.133. The van der Waals surface area contributed by atoms with Crippen LogP contribution < -0.4 is 32.3 Å². The van der Waals surface area contributed by atoms with Crippen molar-refractivity contribution in [3.63, 3.8) is 0 Å². The van der Waals surface area contributed by atoms with Gasteiger partial charge in [-0.1, -0.05) is 44.2 Å². The third-order valence-corrected chi connectivity index (χ3v) is 5.23. The molecule has 0 aliphatic heterocycles. The molecule has 4 atom stereocenters. The Kier molecular flexibility index (Phi) is 13.5. The number of hydrogen-bond donors (Lipinski definition) is 6. The standard InChI is InChI=1S/C25H38N6O6/c1-15(2)10-19(30-21(33)12-26)25(37)31-20(11-18-8-6-5-7-9-18)24(36)27-13-22(34)29-17(4)23(35)28-16(3)14-32/h5-9,14-17,19-20H,10-13,26H2,1-4H3,(H,27,36)(H,28,35)(H,29,34)(H,30,33)(H,31,37)/t16-,17-,19-,20-/m0/s1. The van der Waals surface area contributed by atoms with E-state index in [0.29, 0.717) is 12.7 Å². The van der Waals surface area contributed by atoms with Crippen molar-refractivity contribution in [1.29, 1.82) is 0 Å². The highest BCUT2D eigenvalue weighted by Crippen LogP contribution is 2.08. The number of hydrogen-bond acceptors (Lipinski definition) is 7. The maximum absolute atomic E-state index is 13.0. The molecule has 0 heterocycles. The summed E-state index contributed by atoms with van der Waals surface area (Å²) in [5, 5.41) is 12.6. The van der Waals surface area contributed by atoms with Gasteiger partial charge in [0.15, 0.2) is 0 Å². The predicted octanol–water partition coefficient (Wildman–Crippen LogP) is -1.47. The summed E-state index contributed by atoms with van der Waals surface area (Å²) in [6, 6.07) is 5.41. The third kappa shape index (κ3) is 12.1. The molecule has 0 bridgehead atoms. The average Bonchev–Trinajstić information content (AvgIpc) is 2.86. The van der Waals surface area contributed by atoms with E-state index in [2.05, 4.69) is 26.6 Å². The minimum atomic E-state index is -1.04. The van der Waals surface area contributed by atoms with Gasteiger partial charge in [0.2, 0.25) is 29.5 Å². The molecule has 12 heteroatoms. The van der Waals surface area contributed by atoms with Gasteiger partial charge < -0.3 is 37.1 Å². The van der Waals surface area contributed by atoms with Crippen molar-refractivity contribution in [2.24, 2.45) is 11.7 Å². The molecule has 7 N–H and O–H groups in total. The number of nitrogens with two attached hydrogens (primary N) is 1. The van der Waals surface area contributed by atoms with E-state index in [-0.39, 0.29) is 18.9 Å². The first-order valence-electron chi connectivity index (χ1n) is 12.1. The summed E-state index contributed by atoms with van der Waals surface area (Å²) in [7, 11) is 0. The van der Waals surface area contributed by atoms with Crippen LogP contribution in [0, 0.1) is 5.92 Å². The number of amides is 5. The summed E-state index contributed by atoms with van der Waals surface area (Å²) in [6.07, 6.45) is 1.03. The van der Waals surface area contributed by atoms with Crippen molar-refractivity contribution in [2.45, 2.75) is 64.7 Å². The van der Waals surface area contributed by atoms with E-state index in [1.165, 1.54) is 13.8 Å². The van der Waals surface area contributed by atoms with Gasteiger partial charge >= 0.3 is 0 Å². The molecule has 0 spiro atoms. The van der Waals surface area contributed by atoms with Crippen LogP contribution in [0.15, 0.2) is 30.3 Å². The first-order chi connectivity index (χ1) is 17.5. The SMILES string of the molecule is CC(C)C[C@H](NC(=O)CN)C(=O)N[C@@H](Cc1ccccc1)C(=O)NCC(=O)N[C@@H](C)C(=O)N[C@@H](C)C=O. The van der Waals surface area contributed by atoms with Gasteiger partial charge in [0.05, 0.1) is 19.1 Å². The van der Waals surface area contributed by atoms with Gasteiger partial charge in [-0.25, -0.2) is 0 Å². The Balaban J connectivity index is 2.88. The summed E-state index contributed by atoms with van der Waals surface area (Å²) < 4.78 is 0. The van der Waals surface area contributed by atoms with Gasteiger partial charge in [-0.05, 0) is 31.7 Å². The molecule has 1 aromatic carbocycles. The van der Waals surface area contributed by atoms with Crippen LogP contribution in [0.5, 0.6) is 0 Å². The Morgan fingerprint density at radius 3 is 2.03 bits per heavy atom. The number of rotatable bonds is 15. The minimum Gasteiger partial charge on any atom is -0.345 e. The predicted molar refractivity (Wildman–Crippen MR) is 137 cm³/mol. The summed E-state index contributed by atoms with van der Waals surface area (Å²) in [5.41, 5.74) is 6.14. The van der Waals surface area contributed by atoms with Crippen molar-refractivity contribution in [1.82, 2.24) is 26.6 Å². The minimum absolute atomic E-state index is 0.0765. The van der Waals surface area contributed by atoms with Crippen LogP contribution in [-0.4, -0.2) is 73.1 Å². The zero-order chi connectivity index (χ0) is 28.0. The second-order valence-electron chi connectivity index (χ2n) is 9.15. The van der Waals surface area contributed by atoms with Crippen LogP contribution >= 0.6 is 0 Å². The second kappa shape index (κ2) is 16.0. The van der Waals surface area contributed by atoms with E-state index < -0.39 is 60.2 Å². The van der Waals surface area contributed by atoms with Crippen molar-refractivity contribution in [3.05, 3.63) is 35.9 Å². The Labute approximate surface area is 216 Å². The molecule has 0 unspecified atom stereocenters.